The molecule has 3 heterocycles. The van der Waals surface area contributed by atoms with Gasteiger partial charge in [-0.25, -0.2) is 4.98 Å². The van der Waals surface area contributed by atoms with Crippen LogP contribution in [0.25, 0.3) is 11.1 Å². The predicted molar refractivity (Wildman–Crippen MR) is 114 cm³/mol. The fourth-order valence-corrected chi connectivity index (χ4v) is 3.90. The number of nitrogens with zero attached hydrogens (tertiary/aromatic N) is 2. The first-order valence-electron chi connectivity index (χ1n) is 10.2. The number of amides is 1. The smallest absolute Gasteiger partial charge is 0.454 e. The highest BCUT2D eigenvalue weighted by Gasteiger charge is 2.32. The van der Waals surface area contributed by atoms with Gasteiger partial charge in [0.2, 0.25) is 0 Å². The molecular formula is C23H18F3N3O4. The summed E-state index contributed by atoms with van der Waals surface area (Å²) in [6.45, 7) is 1.21. The van der Waals surface area contributed by atoms with Crippen molar-refractivity contribution >= 4 is 17.4 Å². The maximum Gasteiger partial charge on any atom is 0.573 e. The fraction of sp³-hybridized carbons (Fsp3) is 0.217. The second-order valence-corrected chi connectivity index (χ2v) is 7.76. The van der Waals surface area contributed by atoms with Crippen LogP contribution in [0.4, 0.5) is 24.7 Å². The molecule has 1 aromatic heterocycles. The van der Waals surface area contributed by atoms with Crippen molar-refractivity contribution in [2.45, 2.75) is 18.9 Å². The van der Waals surface area contributed by atoms with Gasteiger partial charge in [-0.05, 0) is 53.9 Å². The first-order chi connectivity index (χ1) is 15.7. The summed E-state index contributed by atoms with van der Waals surface area (Å²) in [6, 6.07) is 12.3. The van der Waals surface area contributed by atoms with E-state index in [1.165, 1.54) is 6.07 Å². The predicted octanol–water partition coefficient (Wildman–Crippen LogP) is 4.58. The van der Waals surface area contributed by atoms with E-state index in [-0.39, 0.29) is 28.9 Å². The molecule has 1 fully saturated rings. The molecular weight excluding hydrogens is 439 g/mol. The number of fused-ring (bicyclic) bond motifs is 2. The zero-order valence-electron chi connectivity index (χ0n) is 17.1. The monoisotopic (exact) mass is 457 g/mol. The number of hydrogen-bond acceptors (Lipinski definition) is 6. The van der Waals surface area contributed by atoms with E-state index >= 15 is 0 Å². The lowest BCUT2D eigenvalue weighted by Gasteiger charge is -2.17. The Morgan fingerprint density at radius 1 is 1.09 bits per heavy atom. The van der Waals surface area contributed by atoms with E-state index < -0.39 is 18.0 Å². The second kappa shape index (κ2) is 7.96. The second-order valence-electron chi connectivity index (χ2n) is 7.76. The molecule has 33 heavy (non-hydrogen) atoms. The molecule has 3 aromatic rings. The molecule has 1 unspecified atom stereocenters. The Bertz CT molecular complexity index is 1230. The van der Waals surface area contributed by atoms with E-state index in [4.69, 9.17) is 4.74 Å². The Hall–Kier alpha value is -3.79. The Labute approximate surface area is 186 Å². The van der Waals surface area contributed by atoms with Crippen molar-refractivity contribution in [2.75, 3.05) is 23.3 Å². The molecule has 1 saturated heterocycles. The molecule has 0 spiro atoms. The number of pyridine rings is 1. The number of ether oxygens (including phenoxy) is 2. The topological polar surface area (TPSA) is 83.9 Å². The van der Waals surface area contributed by atoms with E-state index in [0.29, 0.717) is 19.5 Å². The lowest BCUT2D eigenvalue weighted by atomic mass is 10.0. The fourth-order valence-electron chi connectivity index (χ4n) is 3.90. The summed E-state index contributed by atoms with van der Waals surface area (Å²) in [5.74, 6) is 0.212. The van der Waals surface area contributed by atoms with Gasteiger partial charge in [-0.15, -0.1) is 13.2 Å². The number of benzene rings is 2. The van der Waals surface area contributed by atoms with Crippen LogP contribution < -0.4 is 19.7 Å². The number of alkyl halides is 3. The maximum absolute atomic E-state index is 12.9. The number of halogens is 3. The first kappa shape index (κ1) is 21.1. The quantitative estimate of drug-likeness (QED) is 0.599. The number of aliphatic hydroxyl groups excluding tert-OH is 1. The van der Waals surface area contributed by atoms with Crippen LogP contribution in [-0.4, -0.2) is 41.6 Å². The number of hydrogen-bond donors (Lipinski definition) is 2. The van der Waals surface area contributed by atoms with E-state index in [9.17, 15) is 23.1 Å². The number of β-amino-alcohol motifs (C(OH)–C–C–N with tert-alkyl or cyclic N) is 1. The van der Waals surface area contributed by atoms with Crippen molar-refractivity contribution in [1.29, 1.82) is 0 Å². The Kier molecular flexibility index (Phi) is 5.09. The van der Waals surface area contributed by atoms with Gasteiger partial charge in [-0.3, -0.25) is 4.79 Å². The van der Waals surface area contributed by atoms with E-state index in [2.05, 4.69) is 15.0 Å². The Balaban J connectivity index is 1.44. The number of rotatable bonds is 3. The zero-order chi connectivity index (χ0) is 23.2. The molecule has 1 amide bonds. The highest BCUT2D eigenvalue weighted by Crippen LogP contribution is 2.40. The minimum atomic E-state index is -4.85. The van der Waals surface area contributed by atoms with Gasteiger partial charge in [-0.2, -0.15) is 0 Å². The van der Waals surface area contributed by atoms with Crippen LogP contribution in [0.15, 0.2) is 54.7 Å². The minimum Gasteiger partial charge on any atom is -0.454 e. The van der Waals surface area contributed by atoms with Crippen LogP contribution in [-0.2, 0) is 0 Å². The zero-order valence-corrected chi connectivity index (χ0v) is 17.1. The molecule has 5 rings (SSSR count). The van der Waals surface area contributed by atoms with Crippen LogP contribution in [0.3, 0.4) is 0 Å². The molecule has 1 atom stereocenters. The summed E-state index contributed by atoms with van der Waals surface area (Å²) >= 11 is 0. The Morgan fingerprint density at radius 3 is 2.64 bits per heavy atom. The average molecular weight is 457 g/mol. The number of carbonyl (C=O) groups is 1. The first-order valence-corrected chi connectivity index (χ1v) is 10.2. The molecule has 2 aromatic carbocycles. The summed E-state index contributed by atoms with van der Waals surface area (Å²) < 4.78 is 47.3. The van der Waals surface area contributed by atoms with Crippen LogP contribution in [0.2, 0.25) is 0 Å². The molecule has 0 saturated carbocycles. The third kappa shape index (κ3) is 4.42. The summed E-state index contributed by atoms with van der Waals surface area (Å²) in [6.07, 6.45) is -2.89. The highest BCUT2D eigenvalue weighted by molar-refractivity contribution is 6.08. The van der Waals surface area contributed by atoms with Crippen molar-refractivity contribution < 1.29 is 32.5 Å². The average Bonchev–Trinajstić information content (AvgIpc) is 3.15. The van der Waals surface area contributed by atoms with Crippen LogP contribution in [0.5, 0.6) is 17.2 Å². The molecule has 0 bridgehead atoms. The Morgan fingerprint density at radius 2 is 1.88 bits per heavy atom. The van der Waals surface area contributed by atoms with Gasteiger partial charge in [-0.1, -0.05) is 6.07 Å². The van der Waals surface area contributed by atoms with Crippen molar-refractivity contribution in [3.05, 3.63) is 60.3 Å². The maximum atomic E-state index is 12.9. The molecule has 0 radical (unpaired) electrons. The SMILES string of the molecule is O=C1Nc2cc(OC(F)(F)F)ccc2Oc2ccc(-c3ccnc(N4CCC(O)C4)c3)cc21. The van der Waals surface area contributed by atoms with Gasteiger partial charge in [0.05, 0.1) is 17.4 Å². The summed E-state index contributed by atoms with van der Waals surface area (Å²) in [5, 5.41) is 12.4. The summed E-state index contributed by atoms with van der Waals surface area (Å²) in [7, 11) is 0. The number of carbonyl (C=O) groups excluding carboxylic acids is 1. The molecule has 7 nitrogen and oxygen atoms in total. The lowest BCUT2D eigenvalue weighted by molar-refractivity contribution is -0.274. The van der Waals surface area contributed by atoms with Gasteiger partial charge in [0.15, 0.2) is 5.75 Å². The van der Waals surface area contributed by atoms with E-state index in [1.807, 2.05) is 17.0 Å². The standard InChI is InChI=1S/C23H18F3N3O4/c24-23(25,26)33-16-2-4-20-18(11-16)28-22(31)17-9-13(1-3-19(17)32-20)14-5-7-27-21(10-14)29-8-6-15(30)12-29/h1-5,7,9-11,15,30H,6,8,12H2,(H,28,31). The molecule has 0 aliphatic carbocycles. The molecule has 2 aliphatic heterocycles. The van der Waals surface area contributed by atoms with Crippen LogP contribution >= 0.6 is 0 Å². The molecule has 10 heteroatoms. The van der Waals surface area contributed by atoms with Crippen molar-refractivity contribution in [3.63, 3.8) is 0 Å². The van der Waals surface area contributed by atoms with Crippen molar-refractivity contribution in [2.24, 2.45) is 0 Å². The third-order valence-electron chi connectivity index (χ3n) is 5.44. The van der Waals surface area contributed by atoms with E-state index in [0.717, 1.165) is 29.1 Å². The van der Waals surface area contributed by atoms with Gasteiger partial charge in [0, 0.05) is 25.4 Å². The number of aromatic nitrogens is 1. The van der Waals surface area contributed by atoms with Gasteiger partial charge < -0.3 is 24.8 Å². The molecule has 2 aliphatic rings. The van der Waals surface area contributed by atoms with Gasteiger partial charge in [0.25, 0.3) is 5.91 Å². The lowest BCUT2D eigenvalue weighted by Crippen LogP contribution is -2.22. The number of anilines is 2. The molecule has 170 valence electrons. The number of nitrogens with one attached hydrogen (secondary N) is 1. The van der Waals surface area contributed by atoms with Crippen molar-refractivity contribution in [1.82, 2.24) is 4.98 Å². The third-order valence-corrected chi connectivity index (χ3v) is 5.44. The largest absolute Gasteiger partial charge is 0.573 e. The highest BCUT2D eigenvalue weighted by atomic mass is 19.4. The van der Waals surface area contributed by atoms with Gasteiger partial charge >= 0.3 is 6.36 Å². The van der Waals surface area contributed by atoms with Gasteiger partial charge in [0.1, 0.15) is 17.3 Å². The normalized spacial score (nSPS) is 17.5. The minimum absolute atomic E-state index is 0.0679. The van der Waals surface area contributed by atoms with Crippen LogP contribution in [0.1, 0.15) is 16.8 Å². The van der Waals surface area contributed by atoms with Crippen LogP contribution in [0, 0.1) is 0 Å². The number of aliphatic hydroxyl groups is 1. The summed E-state index contributed by atoms with van der Waals surface area (Å²) in [5.41, 5.74) is 1.86. The molecule has 2 N–H and O–H groups in total. The summed E-state index contributed by atoms with van der Waals surface area (Å²) in [4.78, 5) is 19.2. The van der Waals surface area contributed by atoms with Crippen molar-refractivity contribution in [3.8, 4) is 28.4 Å². The van der Waals surface area contributed by atoms with E-state index in [1.54, 1.807) is 24.4 Å².